The summed E-state index contributed by atoms with van der Waals surface area (Å²) in [6, 6.07) is 4.73. The van der Waals surface area contributed by atoms with Gasteiger partial charge in [-0.25, -0.2) is 0 Å². The van der Waals surface area contributed by atoms with E-state index < -0.39 is 22.6 Å². The summed E-state index contributed by atoms with van der Waals surface area (Å²) in [5, 5.41) is 9.55. The summed E-state index contributed by atoms with van der Waals surface area (Å²) in [4.78, 5) is 44.7. The van der Waals surface area contributed by atoms with Gasteiger partial charge in [-0.3, -0.25) is 14.4 Å². The fourth-order valence-electron chi connectivity index (χ4n) is 5.91. The number of hydrogen-bond donors (Lipinski definition) is 1. The van der Waals surface area contributed by atoms with Crippen molar-refractivity contribution in [1.29, 1.82) is 0 Å². The second-order valence-corrected chi connectivity index (χ2v) is 11.3. The fraction of sp³-hybridized carbons (Fsp3) is 0.500. The zero-order valence-corrected chi connectivity index (χ0v) is 21.1. The number of anilines is 1. The monoisotopic (exact) mass is 516 g/mol. The molecule has 5 rings (SSSR count). The molecule has 0 radical (unpaired) electrons. The minimum absolute atomic E-state index is 0.0105. The summed E-state index contributed by atoms with van der Waals surface area (Å²) >= 11 is 8.08. The second-order valence-electron chi connectivity index (χ2n) is 9.45. The molecular formula is C26H29ClN2O5S. The lowest BCUT2D eigenvalue weighted by Gasteiger charge is -2.35. The van der Waals surface area contributed by atoms with E-state index in [1.54, 1.807) is 15.9 Å². The number of carbonyl (C=O) groups is 3. The Kier molecular flexibility index (Phi) is 6.72. The van der Waals surface area contributed by atoms with Crippen molar-refractivity contribution in [2.24, 2.45) is 11.8 Å². The van der Waals surface area contributed by atoms with Crippen LogP contribution in [0.1, 0.15) is 24.8 Å². The van der Waals surface area contributed by atoms with E-state index in [2.05, 4.69) is 0 Å². The average Bonchev–Trinajstić information content (AvgIpc) is 3.19. The highest BCUT2D eigenvalue weighted by Crippen LogP contribution is 2.61. The van der Waals surface area contributed by atoms with Crippen LogP contribution >= 0.6 is 23.4 Å². The number of nitrogens with zero attached hydrogens (tertiary/aromatic N) is 2. The summed E-state index contributed by atoms with van der Waals surface area (Å²) in [5.41, 5.74) is 1.51. The highest BCUT2D eigenvalue weighted by Gasteiger charge is 2.71. The number of hydrogen-bond acceptors (Lipinski definition) is 6. The van der Waals surface area contributed by atoms with E-state index in [1.165, 1.54) is 11.8 Å². The number of carbonyl (C=O) groups excluding carboxylic acids is 3. The van der Waals surface area contributed by atoms with Crippen LogP contribution in [0.3, 0.4) is 0 Å². The molecule has 0 bridgehead atoms. The van der Waals surface area contributed by atoms with E-state index in [0.29, 0.717) is 43.1 Å². The molecule has 4 aliphatic rings. The third-order valence-corrected chi connectivity index (χ3v) is 9.44. The third-order valence-electron chi connectivity index (χ3n) is 7.39. The number of para-hydroxylation sites is 1. The third kappa shape index (κ3) is 3.90. The number of fused-ring (bicyclic) bond motifs is 2. The molecule has 0 aliphatic carbocycles. The van der Waals surface area contributed by atoms with E-state index in [4.69, 9.17) is 16.3 Å². The maximum Gasteiger partial charge on any atom is 0.311 e. The molecule has 1 aromatic carbocycles. The Morgan fingerprint density at radius 2 is 2.03 bits per heavy atom. The number of likely N-dealkylation sites (tertiary alicyclic amines) is 1. The van der Waals surface area contributed by atoms with E-state index >= 15 is 0 Å². The molecule has 2 saturated heterocycles. The number of rotatable bonds is 5. The van der Waals surface area contributed by atoms with Gasteiger partial charge in [0.1, 0.15) is 6.04 Å². The molecule has 4 heterocycles. The van der Waals surface area contributed by atoms with Crippen LogP contribution < -0.4 is 4.90 Å². The second kappa shape index (κ2) is 9.64. The molecule has 5 atom stereocenters. The first kappa shape index (κ1) is 24.4. The Labute approximate surface area is 214 Å². The highest BCUT2D eigenvalue weighted by molar-refractivity contribution is 8.02. The van der Waals surface area contributed by atoms with Crippen LogP contribution in [0.15, 0.2) is 42.5 Å². The van der Waals surface area contributed by atoms with Crippen molar-refractivity contribution in [3.05, 3.63) is 53.1 Å². The van der Waals surface area contributed by atoms with Gasteiger partial charge in [0.25, 0.3) is 5.91 Å². The molecule has 9 heteroatoms. The van der Waals surface area contributed by atoms with Gasteiger partial charge >= 0.3 is 5.97 Å². The molecule has 2 fully saturated rings. The molecule has 35 heavy (non-hydrogen) atoms. The number of benzene rings is 1. The molecule has 1 N–H and O–H groups in total. The van der Waals surface area contributed by atoms with Gasteiger partial charge in [-0.15, -0.1) is 11.8 Å². The van der Waals surface area contributed by atoms with Gasteiger partial charge in [0.2, 0.25) is 5.91 Å². The van der Waals surface area contributed by atoms with Gasteiger partial charge in [0.05, 0.1) is 33.9 Å². The minimum atomic E-state index is -0.889. The number of aliphatic hydroxyl groups is 1. The fourth-order valence-corrected chi connectivity index (χ4v) is 8.23. The number of aryl methyl sites for hydroxylation is 1. The zero-order chi connectivity index (χ0) is 24.7. The highest BCUT2D eigenvalue weighted by atomic mass is 35.5. The largest absolute Gasteiger partial charge is 0.465 e. The van der Waals surface area contributed by atoms with Crippen LogP contribution in [0.5, 0.6) is 0 Å². The minimum Gasteiger partial charge on any atom is -0.465 e. The molecule has 186 valence electrons. The van der Waals surface area contributed by atoms with Gasteiger partial charge in [-0.2, -0.15) is 0 Å². The standard InChI is InChI=1S/C26H29ClN2O5S/c1-16-8-6-9-17(27)21(16)28-13-7-11-26-20(19-18(35-26)10-2-5-15-34-25(19)33)23(31)29(12-3-4-14-30)22(26)24(28)32/h2,6-11,18-20,22,30H,3-5,12-15H2,1H3/t18-,19+,20+,22?,26+/m1/s1. The summed E-state index contributed by atoms with van der Waals surface area (Å²) < 4.78 is 4.61. The van der Waals surface area contributed by atoms with E-state index in [9.17, 15) is 19.5 Å². The molecule has 0 aromatic heterocycles. The van der Waals surface area contributed by atoms with Gasteiger partial charge < -0.3 is 19.6 Å². The first-order valence-electron chi connectivity index (χ1n) is 12.1. The Hall–Kier alpha value is -2.29. The summed E-state index contributed by atoms with van der Waals surface area (Å²) in [6.07, 6.45) is 9.62. The maximum absolute atomic E-state index is 14.3. The predicted octanol–water partition coefficient (Wildman–Crippen LogP) is 3.12. The SMILES string of the molecule is Cc1cccc(Cl)c1N1CC=C[C@]23S[C@@H]4C=CCCOC(=O)[C@@H]4[C@H]2C(=O)N(CCCCO)C3C1=O. The van der Waals surface area contributed by atoms with Crippen molar-refractivity contribution < 1.29 is 24.2 Å². The lowest BCUT2D eigenvalue weighted by Crippen LogP contribution is -2.53. The number of halogens is 1. The quantitative estimate of drug-likeness (QED) is 0.367. The van der Waals surface area contributed by atoms with Crippen molar-refractivity contribution in [2.45, 2.75) is 42.2 Å². The Morgan fingerprint density at radius 1 is 1.20 bits per heavy atom. The average molecular weight is 517 g/mol. The summed E-state index contributed by atoms with van der Waals surface area (Å²) in [7, 11) is 0. The smallest absolute Gasteiger partial charge is 0.311 e. The van der Waals surface area contributed by atoms with E-state index in [1.807, 2.05) is 43.4 Å². The van der Waals surface area contributed by atoms with Gasteiger partial charge in [-0.05, 0) is 37.8 Å². The first-order valence-corrected chi connectivity index (χ1v) is 13.3. The van der Waals surface area contributed by atoms with Crippen LogP contribution in [0.25, 0.3) is 0 Å². The van der Waals surface area contributed by atoms with Crippen LogP contribution in [0.4, 0.5) is 5.69 Å². The van der Waals surface area contributed by atoms with Crippen LogP contribution in [-0.4, -0.2) is 70.1 Å². The van der Waals surface area contributed by atoms with E-state index in [-0.39, 0.29) is 36.2 Å². The zero-order valence-electron chi connectivity index (χ0n) is 19.6. The topological polar surface area (TPSA) is 87.2 Å². The molecule has 0 saturated carbocycles. The predicted molar refractivity (Wildman–Crippen MR) is 135 cm³/mol. The van der Waals surface area contributed by atoms with Crippen molar-refractivity contribution in [2.75, 3.05) is 31.2 Å². The van der Waals surface area contributed by atoms with Gasteiger partial charge in [0, 0.05) is 24.9 Å². The Morgan fingerprint density at radius 3 is 2.80 bits per heavy atom. The lowest BCUT2D eigenvalue weighted by molar-refractivity contribution is -0.153. The van der Waals surface area contributed by atoms with Gasteiger partial charge in [0.15, 0.2) is 0 Å². The van der Waals surface area contributed by atoms with E-state index in [0.717, 1.165) is 5.56 Å². The van der Waals surface area contributed by atoms with Crippen molar-refractivity contribution in [1.82, 2.24) is 4.90 Å². The molecule has 2 amide bonds. The molecule has 4 aliphatic heterocycles. The number of thioether (sulfide) groups is 1. The Balaban J connectivity index is 1.62. The normalized spacial score (nSPS) is 32.0. The molecular weight excluding hydrogens is 488 g/mol. The van der Waals surface area contributed by atoms with Crippen LogP contribution in [-0.2, 0) is 19.1 Å². The molecule has 1 aromatic rings. The van der Waals surface area contributed by atoms with Gasteiger partial charge in [-0.1, -0.05) is 48.0 Å². The molecule has 1 unspecified atom stereocenters. The summed E-state index contributed by atoms with van der Waals surface area (Å²) in [5.74, 6) is -2.12. The van der Waals surface area contributed by atoms with Crippen LogP contribution in [0, 0.1) is 18.8 Å². The van der Waals surface area contributed by atoms with Crippen molar-refractivity contribution in [3.63, 3.8) is 0 Å². The first-order chi connectivity index (χ1) is 16.9. The molecule has 7 nitrogen and oxygen atoms in total. The van der Waals surface area contributed by atoms with Crippen molar-refractivity contribution >= 4 is 46.8 Å². The summed E-state index contributed by atoms with van der Waals surface area (Å²) in [6.45, 7) is 2.86. The number of unbranched alkanes of at least 4 members (excludes halogenated alkanes) is 1. The van der Waals surface area contributed by atoms with Crippen LogP contribution in [0.2, 0.25) is 5.02 Å². The number of esters is 1. The number of amides is 2. The lowest BCUT2D eigenvalue weighted by atomic mass is 9.78. The number of aliphatic hydroxyl groups excluding tert-OH is 1. The number of cyclic esters (lactones) is 1. The maximum atomic E-state index is 14.3. The Bertz CT molecular complexity index is 1090. The number of ether oxygens (including phenoxy) is 1. The van der Waals surface area contributed by atoms with Crippen molar-refractivity contribution in [3.8, 4) is 0 Å². The molecule has 1 spiro atoms.